The van der Waals surface area contributed by atoms with Crippen LogP contribution in [0.4, 0.5) is 4.39 Å². The second-order valence-corrected chi connectivity index (χ2v) is 5.77. The zero-order valence-electron chi connectivity index (χ0n) is 10.2. The molecule has 2 atom stereocenters. The molecule has 1 N–H and O–H groups in total. The van der Waals surface area contributed by atoms with Crippen molar-refractivity contribution in [2.75, 3.05) is 13.1 Å². The van der Waals surface area contributed by atoms with E-state index in [1.165, 1.54) is 6.07 Å². The van der Waals surface area contributed by atoms with E-state index in [0.717, 1.165) is 25.2 Å². The number of hydrogen-bond acceptors (Lipinski definition) is 2. The lowest BCUT2D eigenvalue weighted by molar-refractivity contribution is 0.166. The monoisotopic (exact) mass is 300 g/mol. The van der Waals surface area contributed by atoms with Crippen LogP contribution in [-0.2, 0) is 6.54 Å². The van der Waals surface area contributed by atoms with Crippen molar-refractivity contribution in [3.05, 3.63) is 34.1 Å². The third kappa shape index (κ3) is 3.50. The molecule has 1 heterocycles. The standard InChI is InChI=1S/C13H18BrFN2/c1-9-6-17(7-10(2)16-9)8-11-3-4-13(15)12(14)5-11/h3-5,9-10,16H,6-8H2,1-2H3. The fourth-order valence-corrected chi connectivity index (χ4v) is 2.89. The number of hydrogen-bond donors (Lipinski definition) is 1. The first-order chi connectivity index (χ1) is 8.04. The van der Waals surface area contributed by atoms with Crippen molar-refractivity contribution >= 4 is 15.9 Å². The Balaban J connectivity index is 2.02. The number of benzene rings is 1. The molecule has 1 fully saturated rings. The van der Waals surface area contributed by atoms with Crippen LogP contribution < -0.4 is 5.32 Å². The van der Waals surface area contributed by atoms with Crippen LogP contribution in [0.1, 0.15) is 19.4 Å². The van der Waals surface area contributed by atoms with Gasteiger partial charge in [-0.2, -0.15) is 0 Å². The lowest BCUT2D eigenvalue weighted by Crippen LogP contribution is -2.53. The van der Waals surface area contributed by atoms with Gasteiger partial charge in [0, 0.05) is 31.7 Å². The summed E-state index contributed by atoms with van der Waals surface area (Å²) in [5.41, 5.74) is 1.15. The third-order valence-corrected chi connectivity index (χ3v) is 3.63. The third-order valence-electron chi connectivity index (χ3n) is 3.02. The van der Waals surface area contributed by atoms with Crippen LogP contribution in [0.25, 0.3) is 0 Å². The summed E-state index contributed by atoms with van der Waals surface area (Å²) in [5.74, 6) is -0.198. The quantitative estimate of drug-likeness (QED) is 0.903. The van der Waals surface area contributed by atoms with Crippen LogP contribution in [-0.4, -0.2) is 30.1 Å². The van der Waals surface area contributed by atoms with Gasteiger partial charge < -0.3 is 5.32 Å². The lowest BCUT2D eigenvalue weighted by Gasteiger charge is -2.36. The Bertz CT molecular complexity index is 387. The van der Waals surface area contributed by atoms with Crippen molar-refractivity contribution in [2.24, 2.45) is 0 Å². The Labute approximate surface area is 110 Å². The highest BCUT2D eigenvalue weighted by atomic mass is 79.9. The van der Waals surface area contributed by atoms with Crippen molar-refractivity contribution < 1.29 is 4.39 Å². The zero-order chi connectivity index (χ0) is 12.4. The van der Waals surface area contributed by atoms with E-state index in [1.54, 1.807) is 0 Å². The van der Waals surface area contributed by atoms with Gasteiger partial charge in [0.05, 0.1) is 4.47 Å². The van der Waals surface area contributed by atoms with E-state index < -0.39 is 0 Å². The summed E-state index contributed by atoms with van der Waals surface area (Å²) < 4.78 is 13.7. The summed E-state index contributed by atoms with van der Waals surface area (Å²) in [4.78, 5) is 2.41. The first kappa shape index (κ1) is 13.0. The molecule has 1 aromatic carbocycles. The average Bonchev–Trinajstić information content (AvgIpc) is 2.22. The number of nitrogens with one attached hydrogen (secondary N) is 1. The summed E-state index contributed by atoms with van der Waals surface area (Å²) in [5, 5.41) is 3.50. The highest BCUT2D eigenvalue weighted by Gasteiger charge is 2.20. The topological polar surface area (TPSA) is 15.3 Å². The van der Waals surface area contributed by atoms with Crippen molar-refractivity contribution in [2.45, 2.75) is 32.5 Å². The molecule has 0 radical (unpaired) electrons. The van der Waals surface area contributed by atoms with Gasteiger partial charge >= 0.3 is 0 Å². The Hall–Kier alpha value is -0.450. The molecule has 4 heteroatoms. The fraction of sp³-hybridized carbons (Fsp3) is 0.538. The average molecular weight is 301 g/mol. The summed E-state index contributed by atoms with van der Waals surface area (Å²) in [6, 6.07) is 6.28. The van der Waals surface area contributed by atoms with Crippen LogP contribution in [0.15, 0.2) is 22.7 Å². The van der Waals surface area contributed by atoms with E-state index in [0.29, 0.717) is 16.6 Å². The van der Waals surface area contributed by atoms with Gasteiger partial charge in [-0.25, -0.2) is 4.39 Å². The smallest absolute Gasteiger partial charge is 0.137 e. The molecule has 1 aromatic rings. The molecule has 1 saturated heterocycles. The normalized spacial score (nSPS) is 26.1. The summed E-state index contributed by atoms with van der Waals surface area (Å²) in [7, 11) is 0. The predicted molar refractivity (Wildman–Crippen MR) is 71.4 cm³/mol. The van der Waals surface area contributed by atoms with Crippen molar-refractivity contribution in [1.29, 1.82) is 0 Å². The molecule has 94 valence electrons. The second kappa shape index (κ2) is 5.46. The summed E-state index contributed by atoms with van der Waals surface area (Å²) in [6.45, 7) is 7.36. The number of rotatable bonds is 2. The molecule has 1 aliphatic heterocycles. The SMILES string of the molecule is CC1CN(Cc2ccc(F)c(Br)c2)CC(C)N1. The molecule has 2 nitrogen and oxygen atoms in total. The van der Waals surface area contributed by atoms with Gasteiger partial charge in [0.15, 0.2) is 0 Å². The molecule has 0 amide bonds. The Morgan fingerprint density at radius 1 is 1.35 bits per heavy atom. The molecular formula is C13H18BrFN2. The maximum absolute atomic E-state index is 13.1. The predicted octanol–water partition coefficient (Wildman–Crippen LogP) is 2.77. The molecule has 2 unspecified atom stereocenters. The molecule has 0 aromatic heterocycles. The highest BCUT2D eigenvalue weighted by Crippen LogP contribution is 2.18. The number of halogens is 2. The van der Waals surface area contributed by atoms with E-state index >= 15 is 0 Å². The zero-order valence-corrected chi connectivity index (χ0v) is 11.8. The molecule has 0 spiro atoms. The molecule has 0 aliphatic carbocycles. The Morgan fingerprint density at radius 2 is 2.00 bits per heavy atom. The minimum atomic E-state index is -0.198. The van der Waals surface area contributed by atoms with Gasteiger partial charge in [0.1, 0.15) is 5.82 Å². The maximum Gasteiger partial charge on any atom is 0.137 e. The van der Waals surface area contributed by atoms with Gasteiger partial charge in [-0.3, -0.25) is 4.90 Å². The first-order valence-electron chi connectivity index (χ1n) is 5.97. The molecule has 1 aliphatic rings. The van der Waals surface area contributed by atoms with E-state index in [4.69, 9.17) is 0 Å². The molecule has 0 saturated carbocycles. The van der Waals surface area contributed by atoms with E-state index in [2.05, 4.69) is 40.0 Å². The number of nitrogens with zero attached hydrogens (tertiary/aromatic N) is 1. The van der Waals surface area contributed by atoms with Gasteiger partial charge in [0.2, 0.25) is 0 Å². The minimum Gasteiger partial charge on any atom is -0.309 e. The fourth-order valence-electron chi connectivity index (χ4n) is 2.47. The lowest BCUT2D eigenvalue weighted by atomic mass is 10.1. The van der Waals surface area contributed by atoms with Crippen molar-refractivity contribution in [3.8, 4) is 0 Å². The Kier molecular flexibility index (Phi) is 4.17. The van der Waals surface area contributed by atoms with Gasteiger partial charge in [-0.15, -0.1) is 0 Å². The van der Waals surface area contributed by atoms with E-state index in [1.807, 2.05) is 12.1 Å². The largest absolute Gasteiger partial charge is 0.309 e. The van der Waals surface area contributed by atoms with Crippen LogP contribution in [0.5, 0.6) is 0 Å². The van der Waals surface area contributed by atoms with Gasteiger partial charge in [-0.1, -0.05) is 6.07 Å². The van der Waals surface area contributed by atoms with E-state index in [-0.39, 0.29) is 5.82 Å². The summed E-state index contributed by atoms with van der Waals surface area (Å²) in [6.07, 6.45) is 0. The molecular weight excluding hydrogens is 283 g/mol. The van der Waals surface area contributed by atoms with Crippen molar-refractivity contribution in [3.63, 3.8) is 0 Å². The van der Waals surface area contributed by atoms with Crippen LogP contribution in [0.2, 0.25) is 0 Å². The van der Waals surface area contributed by atoms with Crippen LogP contribution in [0, 0.1) is 5.82 Å². The van der Waals surface area contributed by atoms with Gasteiger partial charge in [0.25, 0.3) is 0 Å². The first-order valence-corrected chi connectivity index (χ1v) is 6.76. The van der Waals surface area contributed by atoms with Crippen LogP contribution in [0.3, 0.4) is 0 Å². The highest BCUT2D eigenvalue weighted by molar-refractivity contribution is 9.10. The molecule has 2 rings (SSSR count). The number of piperazine rings is 1. The van der Waals surface area contributed by atoms with Crippen molar-refractivity contribution in [1.82, 2.24) is 10.2 Å². The van der Waals surface area contributed by atoms with Crippen LogP contribution >= 0.6 is 15.9 Å². The molecule has 0 bridgehead atoms. The minimum absolute atomic E-state index is 0.198. The Morgan fingerprint density at radius 3 is 2.59 bits per heavy atom. The maximum atomic E-state index is 13.1. The summed E-state index contributed by atoms with van der Waals surface area (Å²) >= 11 is 3.23. The second-order valence-electron chi connectivity index (χ2n) is 4.91. The van der Waals surface area contributed by atoms with Gasteiger partial charge in [-0.05, 0) is 47.5 Å². The molecule has 17 heavy (non-hydrogen) atoms. The van der Waals surface area contributed by atoms with E-state index in [9.17, 15) is 4.39 Å².